The molecule has 1 atom stereocenters. The van der Waals surface area contributed by atoms with Crippen LogP contribution in [-0.2, 0) is 6.54 Å². The summed E-state index contributed by atoms with van der Waals surface area (Å²) in [6, 6.07) is 9.76. The van der Waals surface area contributed by atoms with Gasteiger partial charge in [-0.05, 0) is 50.4 Å². The quantitative estimate of drug-likeness (QED) is 0.848. The molecule has 1 aromatic heterocycles. The Bertz CT molecular complexity index is 817. The van der Waals surface area contributed by atoms with Gasteiger partial charge in [0, 0.05) is 36.6 Å². The van der Waals surface area contributed by atoms with Crippen molar-refractivity contribution in [1.82, 2.24) is 15.0 Å². The number of likely N-dealkylation sites (tertiary alicyclic amines) is 2. The largest absolute Gasteiger partial charge is 0.391 e. The number of halogens is 1. The molecule has 1 N–H and O–H groups in total. The van der Waals surface area contributed by atoms with Crippen molar-refractivity contribution >= 4 is 17.5 Å². The van der Waals surface area contributed by atoms with Crippen LogP contribution in [0.15, 0.2) is 34.9 Å². The topological polar surface area (TPSA) is 69.8 Å². The molecule has 3 heterocycles. The Kier molecular flexibility index (Phi) is 5.99. The number of rotatable bonds is 4. The van der Waals surface area contributed by atoms with E-state index < -0.39 is 6.10 Å². The van der Waals surface area contributed by atoms with Gasteiger partial charge in [-0.2, -0.15) is 0 Å². The van der Waals surface area contributed by atoms with E-state index in [9.17, 15) is 9.90 Å². The molecule has 0 saturated carbocycles. The van der Waals surface area contributed by atoms with Crippen molar-refractivity contribution in [3.8, 4) is 0 Å². The highest BCUT2D eigenvalue weighted by molar-refractivity contribution is 6.31. The number of β-amino-alcohol motifs (C(OH)–C–C–N with tert-alkyl or cyclic N) is 1. The van der Waals surface area contributed by atoms with Crippen LogP contribution < -0.4 is 0 Å². The first-order chi connectivity index (χ1) is 13.6. The molecule has 28 heavy (non-hydrogen) atoms. The summed E-state index contributed by atoms with van der Waals surface area (Å²) in [6.07, 6.45) is 3.08. The number of aliphatic hydroxyl groups excluding tert-OH is 1. The smallest absolute Gasteiger partial charge is 0.292 e. The van der Waals surface area contributed by atoms with Gasteiger partial charge in [0.2, 0.25) is 5.76 Å². The molecule has 6 nitrogen and oxygen atoms in total. The van der Waals surface area contributed by atoms with Crippen molar-refractivity contribution in [3.05, 3.63) is 52.4 Å². The van der Waals surface area contributed by atoms with E-state index in [1.165, 1.54) is 0 Å². The number of carbonyl (C=O) groups is 1. The fourth-order valence-corrected chi connectivity index (χ4v) is 4.33. The van der Waals surface area contributed by atoms with E-state index in [2.05, 4.69) is 16.1 Å². The third-order valence-electron chi connectivity index (χ3n) is 5.78. The molecule has 4 rings (SSSR count). The van der Waals surface area contributed by atoms with E-state index in [1.54, 1.807) is 11.0 Å². The van der Waals surface area contributed by atoms with Crippen LogP contribution in [0.25, 0.3) is 0 Å². The van der Waals surface area contributed by atoms with Crippen LogP contribution in [0.2, 0.25) is 5.02 Å². The lowest BCUT2D eigenvalue weighted by Crippen LogP contribution is -2.42. The maximum atomic E-state index is 12.6. The second-order valence-electron chi connectivity index (χ2n) is 7.81. The molecule has 7 heteroatoms. The highest BCUT2D eigenvalue weighted by Crippen LogP contribution is 2.29. The first-order valence-electron chi connectivity index (χ1n) is 10.00. The summed E-state index contributed by atoms with van der Waals surface area (Å²) in [7, 11) is 0. The molecule has 0 spiro atoms. The average Bonchev–Trinajstić information content (AvgIpc) is 3.20. The van der Waals surface area contributed by atoms with Crippen LogP contribution >= 0.6 is 11.6 Å². The summed E-state index contributed by atoms with van der Waals surface area (Å²) in [5.74, 6) is 0.413. The van der Waals surface area contributed by atoms with E-state index in [0.717, 1.165) is 61.6 Å². The number of hydrogen-bond acceptors (Lipinski definition) is 5. The highest BCUT2D eigenvalue weighted by Gasteiger charge is 2.28. The summed E-state index contributed by atoms with van der Waals surface area (Å²) in [5, 5.41) is 14.8. The predicted octanol–water partition coefficient (Wildman–Crippen LogP) is 3.30. The normalized spacial score (nSPS) is 21.8. The lowest BCUT2D eigenvalue weighted by Gasteiger charge is -2.31. The molecule has 0 bridgehead atoms. The van der Waals surface area contributed by atoms with Gasteiger partial charge < -0.3 is 14.5 Å². The van der Waals surface area contributed by atoms with Gasteiger partial charge in [-0.3, -0.25) is 9.69 Å². The van der Waals surface area contributed by atoms with Crippen LogP contribution in [0.1, 0.15) is 53.4 Å². The number of amides is 1. The molecule has 2 saturated heterocycles. The Morgan fingerprint density at radius 2 is 2.00 bits per heavy atom. The van der Waals surface area contributed by atoms with Crippen molar-refractivity contribution in [1.29, 1.82) is 0 Å². The Morgan fingerprint density at radius 3 is 2.75 bits per heavy atom. The maximum absolute atomic E-state index is 12.6. The number of nitrogens with zero attached hydrogens (tertiary/aromatic N) is 3. The van der Waals surface area contributed by atoms with E-state index in [-0.39, 0.29) is 11.7 Å². The molecule has 2 aliphatic heterocycles. The maximum Gasteiger partial charge on any atom is 0.292 e. The molecular weight excluding hydrogens is 378 g/mol. The Labute approximate surface area is 170 Å². The number of aromatic nitrogens is 1. The van der Waals surface area contributed by atoms with E-state index >= 15 is 0 Å². The van der Waals surface area contributed by atoms with E-state index in [4.69, 9.17) is 16.1 Å². The van der Waals surface area contributed by atoms with Crippen LogP contribution in [0, 0.1) is 0 Å². The first-order valence-corrected chi connectivity index (χ1v) is 10.4. The van der Waals surface area contributed by atoms with Crippen LogP contribution in [0.5, 0.6) is 0 Å². The zero-order valence-corrected chi connectivity index (χ0v) is 16.6. The van der Waals surface area contributed by atoms with E-state index in [1.807, 2.05) is 18.2 Å². The van der Waals surface area contributed by atoms with Crippen molar-refractivity contribution < 1.29 is 14.4 Å². The SMILES string of the molecule is O=C(c1cc(C2CCN(Cc3ccccc3Cl)CC2)no1)N1CCC[C@@H](O)C1. The van der Waals surface area contributed by atoms with Gasteiger partial charge in [0.25, 0.3) is 5.91 Å². The number of carbonyl (C=O) groups excluding carboxylic acids is 1. The third-order valence-corrected chi connectivity index (χ3v) is 6.15. The van der Waals surface area contributed by atoms with Gasteiger partial charge in [-0.1, -0.05) is 35.0 Å². The number of piperidine rings is 2. The summed E-state index contributed by atoms with van der Waals surface area (Å²) < 4.78 is 5.35. The zero-order chi connectivity index (χ0) is 19.5. The van der Waals surface area contributed by atoms with Gasteiger partial charge in [0.15, 0.2) is 0 Å². The van der Waals surface area contributed by atoms with Crippen LogP contribution in [0.3, 0.4) is 0 Å². The lowest BCUT2D eigenvalue weighted by molar-refractivity contribution is 0.0441. The van der Waals surface area contributed by atoms with Crippen molar-refractivity contribution in [2.24, 2.45) is 0 Å². The molecule has 0 aliphatic carbocycles. The Balaban J connectivity index is 1.33. The molecule has 0 unspecified atom stereocenters. The zero-order valence-electron chi connectivity index (χ0n) is 15.9. The van der Waals surface area contributed by atoms with Gasteiger partial charge >= 0.3 is 0 Å². The molecule has 2 fully saturated rings. The van der Waals surface area contributed by atoms with Gasteiger partial charge in [-0.25, -0.2) is 0 Å². The monoisotopic (exact) mass is 403 g/mol. The summed E-state index contributed by atoms with van der Waals surface area (Å²) >= 11 is 6.27. The summed E-state index contributed by atoms with van der Waals surface area (Å²) in [5.41, 5.74) is 2.01. The Hall–Kier alpha value is -1.89. The molecule has 150 valence electrons. The fourth-order valence-electron chi connectivity index (χ4n) is 4.13. The highest BCUT2D eigenvalue weighted by atomic mass is 35.5. The minimum atomic E-state index is -0.442. The summed E-state index contributed by atoms with van der Waals surface area (Å²) in [4.78, 5) is 16.6. The van der Waals surface area contributed by atoms with Crippen molar-refractivity contribution in [2.75, 3.05) is 26.2 Å². The van der Waals surface area contributed by atoms with Crippen LogP contribution in [0.4, 0.5) is 0 Å². The van der Waals surface area contributed by atoms with E-state index in [0.29, 0.717) is 19.0 Å². The number of hydrogen-bond donors (Lipinski definition) is 1. The molecular formula is C21H26ClN3O3. The standard InChI is InChI=1S/C21H26ClN3O3/c22-18-6-2-1-4-16(18)13-24-10-7-15(8-11-24)19-12-20(28-23-19)21(27)25-9-3-5-17(26)14-25/h1-2,4,6,12,15,17,26H,3,5,7-11,13-14H2/t17-/m1/s1. The lowest BCUT2D eigenvalue weighted by atomic mass is 9.93. The third kappa shape index (κ3) is 4.40. The van der Waals surface area contributed by atoms with Gasteiger partial charge in [-0.15, -0.1) is 0 Å². The van der Waals surface area contributed by atoms with Gasteiger partial charge in [0.05, 0.1) is 11.8 Å². The molecule has 0 radical (unpaired) electrons. The molecule has 2 aromatic rings. The minimum absolute atomic E-state index is 0.173. The number of aliphatic hydroxyl groups is 1. The number of benzene rings is 1. The Morgan fingerprint density at radius 1 is 1.21 bits per heavy atom. The van der Waals surface area contributed by atoms with Crippen LogP contribution in [-0.4, -0.2) is 58.3 Å². The fraction of sp³-hybridized carbons (Fsp3) is 0.524. The molecule has 2 aliphatic rings. The second kappa shape index (κ2) is 8.64. The van der Waals surface area contributed by atoms with Gasteiger partial charge in [0.1, 0.15) is 0 Å². The predicted molar refractivity (Wildman–Crippen MR) is 106 cm³/mol. The average molecular weight is 404 g/mol. The van der Waals surface area contributed by atoms with Crippen molar-refractivity contribution in [2.45, 2.75) is 44.2 Å². The summed E-state index contributed by atoms with van der Waals surface area (Å²) in [6.45, 7) is 3.81. The first kappa shape index (κ1) is 19.4. The molecule has 1 aromatic carbocycles. The minimum Gasteiger partial charge on any atom is -0.391 e. The second-order valence-corrected chi connectivity index (χ2v) is 8.21. The molecule has 1 amide bonds. The van der Waals surface area contributed by atoms with Crippen molar-refractivity contribution in [3.63, 3.8) is 0 Å².